The van der Waals surface area contributed by atoms with Crippen molar-refractivity contribution in [1.82, 2.24) is 0 Å². The van der Waals surface area contributed by atoms with E-state index in [2.05, 4.69) is 15.9 Å². The lowest BCUT2D eigenvalue weighted by atomic mass is 9.64. The molecule has 31 heavy (non-hydrogen) atoms. The molecule has 0 heterocycles. The SMILES string of the molecule is N#Cc1ccccc1C1(C(F)(C(F)(F)F)C(F)(F)F)C=C(Br)CC(S(=O)C(F)(F)F)=C1. The molecule has 0 bridgehead atoms. The summed E-state index contributed by atoms with van der Waals surface area (Å²) in [7, 11) is -4.06. The Morgan fingerprint density at radius 2 is 1.45 bits per heavy atom. The van der Waals surface area contributed by atoms with E-state index in [1.165, 1.54) is 6.07 Å². The van der Waals surface area contributed by atoms with E-state index in [0.717, 1.165) is 18.2 Å². The van der Waals surface area contributed by atoms with Gasteiger partial charge in [0.25, 0.3) is 0 Å². The molecule has 1 aromatic rings. The van der Waals surface area contributed by atoms with Crippen LogP contribution < -0.4 is 0 Å². The van der Waals surface area contributed by atoms with Crippen LogP contribution in [0.3, 0.4) is 0 Å². The lowest BCUT2D eigenvalue weighted by Gasteiger charge is -2.45. The fraction of sp³-hybridized carbons (Fsp3) is 0.353. The molecule has 2 rings (SSSR count). The highest BCUT2D eigenvalue weighted by atomic mass is 79.9. The first-order valence-electron chi connectivity index (χ1n) is 7.82. The number of halogens is 11. The van der Waals surface area contributed by atoms with E-state index < -0.39 is 66.7 Å². The number of nitriles is 1. The molecule has 0 saturated carbocycles. The van der Waals surface area contributed by atoms with Gasteiger partial charge in [-0.25, -0.2) is 8.60 Å². The quantitative estimate of drug-likeness (QED) is 0.410. The maximum atomic E-state index is 15.4. The molecular formula is C17H8BrF10NOS. The number of rotatable bonds is 3. The first-order chi connectivity index (χ1) is 13.9. The normalized spacial score (nSPS) is 21.7. The van der Waals surface area contributed by atoms with Crippen LogP contribution in [0.15, 0.2) is 45.8 Å². The summed E-state index contributed by atoms with van der Waals surface area (Å²) in [6.45, 7) is 0. The molecule has 170 valence electrons. The topological polar surface area (TPSA) is 40.9 Å². The van der Waals surface area contributed by atoms with Crippen LogP contribution in [0.1, 0.15) is 17.5 Å². The molecule has 0 aromatic heterocycles. The minimum atomic E-state index is -6.70. The van der Waals surface area contributed by atoms with Crippen molar-refractivity contribution < 1.29 is 48.1 Å². The van der Waals surface area contributed by atoms with E-state index in [0.29, 0.717) is 6.07 Å². The van der Waals surface area contributed by atoms with E-state index in [1.807, 2.05) is 0 Å². The molecule has 0 fully saturated rings. The fourth-order valence-corrected chi connectivity index (χ4v) is 4.92. The maximum absolute atomic E-state index is 15.4. The Kier molecular flexibility index (Phi) is 6.48. The van der Waals surface area contributed by atoms with Crippen molar-refractivity contribution in [3.05, 3.63) is 56.9 Å². The van der Waals surface area contributed by atoms with Gasteiger partial charge in [0.05, 0.1) is 17.0 Å². The van der Waals surface area contributed by atoms with Crippen LogP contribution in [-0.4, -0.2) is 27.7 Å². The number of hydrogen-bond donors (Lipinski definition) is 0. The minimum absolute atomic E-state index is 0.0984. The highest BCUT2D eigenvalue weighted by molar-refractivity contribution is 9.11. The standard InChI is InChI=1S/C17H8BrF10NOS/c18-10-5-11(31(30)17(26,27)28)7-13(6-10,12-4-2-1-3-9(12)8-29)14(19,15(20,21)22)16(23,24)25/h1-4,6-7H,5H2. The van der Waals surface area contributed by atoms with Crippen LogP contribution in [0, 0.1) is 11.3 Å². The van der Waals surface area contributed by atoms with Gasteiger partial charge in [0.2, 0.25) is 0 Å². The Labute approximate surface area is 178 Å². The molecule has 2 unspecified atom stereocenters. The van der Waals surface area contributed by atoms with Gasteiger partial charge in [0.1, 0.15) is 0 Å². The molecule has 2 atom stereocenters. The average Bonchev–Trinajstić information content (AvgIpc) is 2.63. The second kappa shape index (κ2) is 7.91. The zero-order chi connectivity index (χ0) is 24.0. The highest BCUT2D eigenvalue weighted by Crippen LogP contribution is 2.61. The van der Waals surface area contributed by atoms with Gasteiger partial charge in [-0.3, -0.25) is 0 Å². The Balaban J connectivity index is 3.11. The zero-order valence-electron chi connectivity index (χ0n) is 14.6. The van der Waals surface area contributed by atoms with Gasteiger partial charge in [0, 0.05) is 11.3 Å². The summed E-state index contributed by atoms with van der Waals surface area (Å²) in [5.74, 6) is 0. The van der Waals surface area contributed by atoms with Crippen molar-refractivity contribution in [1.29, 1.82) is 5.26 Å². The largest absolute Gasteiger partial charge is 0.475 e. The van der Waals surface area contributed by atoms with Gasteiger partial charge >= 0.3 is 23.5 Å². The summed E-state index contributed by atoms with van der Waals surface area (Å²) in [5, 5.41) is 9.18. The molecule has 14 heteroatoms. The second-order valence-electron chi connectivity index (χ2n) is 6.27. The summed E-state index contributed by atoms with van der Waals surface area (Å²) in [4.78, 5) is -1.44. The summed E-state index contributed by atoms with van der Waals surface area (Å²) in [6, 6.07) is 4.57. The van der Waals surface area contributed by atoms with Gasteiger partial charge in [-0.05, 0) is 16.1 Å². The van der Waals surface area contributed by atoms with Crippen molar-refractivity contribution in [2.45, 2.75) is 35.4 Å². The van der Waals surface area contributed by atoms with Crippen LogP contribution in [0.25, 0.3) is 0 Å². The molecule has 1 aliphatic carbocycles. The van der Waals surface area contributed by atoms with Gasteiger partial charge in [0.15, 0.2) is 10.8 Å². The van der Waals surface area contributed by atoms with Crippen LogP contribution in [0.2, 0.25) is 0 Å². The fourth-order valence-electron chi connectivity index (χ4n) is 3.19. The molecule has 0 saturated heterocycles. The summed E-state index contributed by atoms with van der Waals surface area (Å²) in [5.41, 5.74) is -17.8. The van der Waals surface area contributed by atoms with Crippen molar-refractivity contribution >= 4 is 26.7 Å². The number of allylic oxidation sites excluding steroid dienone is 4. The number of hydrogen-bond acceptors (Lipinski definition) is 2. The lowest BCUT2D eigenvalue weighted by molar-refractivity contribution is -0.354. The highest BCUT2D eigenvalue weighted by Gasteiger charge is 2.81. The Hall–Kier alpha value is -1.88. The maximum Gasteiger partial charge on any atom is 0.475 e. The second-order valence-corrected chi connectivity index (χ2v) is 8.82. The molecule has 2 nitrogen and oxygen atoms in total. The number of benzene rings is 1. The molecule has 0 radical (unpaired) electrons. The zero-order valence-corrected chi connectivity index (χ0v) is 17.0. The first-order valence-corrected chi connectivity index (χ1v) is 9.76. The molecule has 1 aromatic carbocycles. The first kappa shape index (κ1) is 25.4. The van der Waals surface area contributed by atoms with Crippen LogP contribution in [0.4, 0.5) is 43.9 Å². The minimum Gasteiger partial charge on any atom is -0.246 e. The van der Waals surface area contributed by atoms with E-state index in [1.54, 1.807) is 0 Å². The third kappa shape index (κ3) is 4.13. The van der Waals surface area contributed by atoms with Gasteiger partial charge in [-0.2, -0.15) is 44.8 Å². The van der Waals surface area contributed by atoms with Gasteiger partial charge in [-0.1, -0.05) is 46.3 Å². The molecule has 0 amide bonds. The Bertz CT molecular complexity index is 988. The van der Waals surface area contributed by atoms with Crippen molar-refractivity contribution in [2.24, 2.45) is 0 Å². The molecular weight excluding hydrogens is 536 g/mol. The van der Waals surface area contributed by atoms with E-state index in [4.69, 9.17) is 0 Å². The third-order valence-electron chi connectivity index (χ3n) is 4.41. The Morgan fingerprint density at radius 1 is 0.935 bits per heavy atom. The van der Waals surface area contributed by atoms with Crippen molar-refractivity contribution in [3.8, 4) is 6.07 Å². The average molecular weight is 544 g/mol. The monoisotopic (exact) mass is 543 g/mol. The molecule has 0 N–H and O–H groups in total. The Morgan fingerprint density at radius 3 is 1.90 bits per heavy atom. The van der Waals surface area contributed by atoms with Gasteiger partial charge in [-0.15, -0.1) is 0 Å². The molecule has 0 spiro atoms. The summed E-state index contributed by atoms with van der Waals surface area (Å²) >= 11 is 2.54. The molecule has 0 aliphatic heterocycles. The predicted molar refractivity (Wildman–Crippen MR) is 92.7 cm³/mol. The summed E-state index contributed by atoms with van der Waals surface area (Å²) in [6.07, 6.45) is -14.6. The third-order valence-corrected chi connectivity index (χ3v) is 6.08. The van der Waals surface area contributed by atoms with Crippen LogP contribution >= 0.6 is 15.9 Å². The smallest absolute Gasteiger partial charge is 0.246 e. The predicted octanol–water partition coefficient (Wildman–Crippen LogP) is 6.46. The molecule has 1 aliphatic rings. The van der Waals surface area contributed by atoms with Crippen molar-refractivity contribution in [2.75, 3.05) is 0 Å². The van der Waals surface area contributed by atoms with Crippen LogP contribution in [-0.2, 0) is 16.2 Å². The van der Waals surface area contributed by atoms with E-state index >= 15 is 4.39 Å². The van der Waals surface area contributed by atoms with Gasteiger partial charge < -0.3 is 0 Å². The van der Waals surface area contributed by atoms with E-state index in [9.17, 15) is 49.0 Å². The van der Waals surface area contributed by atoms with E-state index in [-0.39, 0.29) is 12.2 Å². The lowest BCUT2D eigenvalue weighted by Crippen LogP contribution is -2.65. The van der Waals surface area contributed by atoms with Crippen LogP contribution in [0.5, 0.6) is 0 Å². The number of nitrogens with zero attached hydrogens (tertiary/aromatic N) is 1. The summed E-state index contributed by atoms with van der Waals surface area (Å²) < 4.78 is 147. The van der Waals surface area contributed by atoms with Crippen molar-refractivity contribution in [3.63, 3.8) is 0 Å². The number of alkyl halides is 10.